The fourth-order valence-electron chi connectivity index (χ4n) is 1.63. The summed E-state index contributed by atoms with van der Waals surface area (Å²) in [5.41, 5.74) is 6.92. The van der Waals surface area contributed by atoms with Gasteiger partial charge in [-0.15, -0.1) is 0 Å². The molecule has 4 heteroatoms. The van der Waals surface area contributed by atoms with Crippen molar-refractivity contribution in [2.24, 2.45) is 5.10 Å². The van der Waals surface area contributed by atoms with Crippen molar-refractivity contribution in [3.05, 3.63) is 63.1 Å². The van der Waals surface area contributed by atoms with Crippen molar-refractivity contribution in [2.45, 2.75) is 13.8 Å². The van der Waals surface area contributed by atoms with Crippen LogP contribution in [0.15, 0.2) is 52.0 Å². The predicted octanol–water partition coefficient (Wildman–Crippen LogP) is 5.25. The maximum atomic E-state index is 6.08. The lowest BCUT2D eigenvalue weighted by molar-refractivity contribution is 1.31. The molecule has 0 saturated carbocycles. The molecule has 98 valence electrons. The van der Waals surface area contributed by atoms with Crippen LogP contribution in [0.3, 0.4) is 0 Å². The van der Waals surface area contributed by atoms with Gasteiger partial charge >= 0.3 is 0 Å². The number of rotatable bonds is 3. The van der Waals surface area contributed by atoms with E-state index in [4.69, 9.17) is 11.6 Å². The van der Waals surface area contributed by atoms with Crippen molar-refractivity contribution in [1.29, 1.82) is 0 Å². The molecule has 2 aromatic carbocycles. The van der Waals surface area contributed by atoms with E-state index in [0.29, 0.717) is 0 Å². The second kappa shape index (κ2) is 6.22. The van der Waals surface area contributed by atoms with Crippen molar-refractivity contribution in [2.75, 3.05) is 5.43 Å². The predicted molar refractivity (Wildman–Crippen MR) is 86.2 cm³/mol. The molecule has 0 spiro atoms. The molecule has 2 rings (SSSR count). The van der Waals surface area contributed by atoms with E-state index in [-0.39, 0.29) is 0 Å². The van der Waals surface area contributed by atoms with Crippen LogP contribution in [0.5, 0.6) is 0 Å². The van der Waals surface area contributed by atoms with E-state index in [0.717, 1.165) is 32.0 Å². The minimum absolute atomic E-state index is 0.735. The van der Waals surface area contributed by atoms with Crippen LogP contribution < -0.4 is 5.43 Å². The Hall–Kier alpha value is -1.32. The van der Waals surface area contributed by atoms with Crippen LogP contribution in [0.1, 0.15) is 18.1 Å². The van der Waals surface area contributed by atoms with Crippen molar-refractivity contribution >= 4 is 38.9 Å². The first-order chi connectivity index (χ1) is 9.08. The molecule has 0 aliphatic rings. The highest BCUT2D eigenvalue weighted by Crippen LogP contribution is 2.21. The van der Waals surface area contributed by atoms with Gasteiger partial charge in [0.05, 0.1) is 11.4 Å². The van der Waals surface area contributed by atoms with Gasteiger partial charge in [0.2, 0.25) is 0 Å². The molecule has 0 radical (unpaired) electrons. The second-order valence-electron chi connectivity index (χ2n) is 4.25. The number of nitrogens with one attached hydrogen (secondary N) is 1. The summed E-state index contributed by atoms with van der Waals surface area (Å²) in [6, 6.07) is 13.8. The molecule has 0 aromatic heterocycles. The van der Waals surface area contributed by atoms with Crippen LogP contribution in [0.4, 0.5) is 5.69 Å². The fourth-order valence-corrected chi connectivity index (χ4v) is 2.38. The number of nitrogens with zero attached hydrogens (tertiary/aromatic N) is 1. The van der Waals surface area contributed by atoms with E-state index in [2.05, 4.69) is 26.5 Å². The summed E-state index contributed by atoms with van der Waals surface area (Å²) >= 11 is 9.59. The molecule has 0 aliphatic carbocycles. The Morgan fingerprint density at radius 3 is 2.63 bits per heavy atom. The average molecular weight is 338 g/mol. The molecule has 0 saturated heterocycles. The Morgan fingerprint density at radius 1 is 1.21 bits per heavy atom. The van der Waals surface area contributed by atoms with Gasteiger partial charge in [-0.3, -0.25) is 5.43 Å². The SMILES string of the molecule is C/C(=N\Nc1ccc(C)c(Cl)c1)c1ccccc1Br. The van der Waals surface area contributed by atoms with E-state index in [1.165, 1.54) is 0 Å². The normalized spacial score (nSPS) is 11.5. The van der Waals surface area contributed by atoms with Gasteiger partial charge in [0.25, 0.3) is 0 Å². The van der Waals surface area contributed by atoms with Crippen LogP contribution in [-0.2, 0) is 0 Å². The molecule has 19 heavy (non-hydrogen) atoms. The van der Waals surface area contributed by atoms with Crippen LogP contribution in [0.2, 0.25) is 5.02 Å². The topological polar surface area (TPSA) is 24.4 Å². The Balaban J connectivity index is 2.18. The molecule has 2 aromatic rings. The minimum atomic E-state index is 0.735. The summed E-state index contributed by atoms with van der Waals surface area (Å²) in [4.78, 5) is 0. The number of benzene rings is 2. The second-order valence-corrected chi connectivity index (χ2v) is 5.51. The fraction of sp³-hybridized carbons (Fsp3) is 0.133. The highest BCUT2D eigenvalue weighted by Gasteiger charge is 2.02. The highest BCUT2D eigenvalue weighted by molar-refractivity contribution is 9.10. The molecule has 0 aliphatic heterocycles. The molecular formula is C15H14BrClN2. The maximum absolute atomic E-state index is 6.08. The summed E-state index contributed by atoms with van der Waals surface area (Å²) in [7, 11) is 0. The van der Waals surface area contributed by atoms with E-state index in [9.17, 15) is 0 Å². The molecule has 1 N–H and O–H groups in total. The quantitative estimate of drug-likeness (QED) is 0.600. The lowest BCUT2D eigenvalue weighted by atomic mass is 10.1. The standard InChI is InChI=1S/C15H14BrClN2/c1-10-7-8-12(9-15(10)17)19-18-11(2)13-5-3-4-6-14(13)16/h3-9,19H,1-2H3/b18-11+. The smallest absolute Gasteiger partial charge is 0.0659 e. The summed E-state index contributed by atoms with van der Waals surface area (Å²) in [6.07, 6.45) is 0. The van der Waals surface area contributed by atoms with Gasteiger partial charge in [-0.25, -0.2) is 0 Å². The molecule has 0 heterocycles. The van der Waals surface area contributed by atoms with E-state index in [1.54, 1.807) is 0 Å². The average Bonchev–Trinajstić information content (AvgIpc) is 2.40. The van der Waals surface area contributed by atoms with Gasteiger partial charge in [-0.1, -0.05) is 51.8 Å². The number of aryl methyl sites for hydroxylation is 1. The van der Waals surface area contributed by atoms with Crippen molar-refractivity contribution in [3.8, 4) is 0 Å². The van der Waals surface area contributed by atoms with E-state index >= 15 is 0 Å². The molecule has 0 unspecified atom stereocenters. The minimum Gasteiger partial charge on any atom is -0.278 e. The molecule has 0 fully saturated rings. The van der Waals surface area contributed by atoms with E-state index < -0.39 is 0 Å². The Labute approximate surface area is 126 Å². The first kappa shape index (κ1) is 14.1. The van der Waals surface area contributed by atoms with Crippen LogP contribution in [0.25, 0.3) is 0 Å². The summed E-state index contributed by atoms with van der Waals surface area (Å²) in [5, 5.41) is 5.11. The third kappa shape index (κ3) is 3.58. The van der Waals surface area contributed by atoms with Crippen LogP contribution >= 0.6 is 27.5 Å². The van der Waals surface area contributed by atoms with Gasteiger partial charge < -0.3 is 0 Å². The first-order valence-electron chi connectivity index (χ1n) is 5.89. The first-order valence-corrected chi connectivity index (χ1v) is 7.06. The zero-order valence-electron chi connectivity index (χ0n) is 10.7. The number of halogens is 2. The summed E-state index contributed by atoms with van der Waals surface area (Å²) in [6.45, 7) is 3.94. The Bertz CT molecular complexity index is 623. The highest BCUT2D eigenvalue weighted by atomic mass is 79.9. The van der Waals surface area contributed by atoms with Gasteiger partial charge in [-0.05, 0) is 37.6 Å². The van der Waals surface area contributed by atoms with Gasteiger partial charge in [0.15, 0.2) is 0 Å². The number of hydrogen-bond donors (Lipinski definition) is 1. The Kier molecular flexibility index (Phi) is 4.61. The van der Waals surface area contributed by atoms with Gasteiger partial charge in [0.1, 0.15) is 0 Å². The lowest BCUT2D eigenvalue weighted by Crippen LogP contribution is -2.00. The molecule has 0 atom stereocenters. The van der Waals surface area contributed by atoms with E-state index in [1.807, 2.05) is 56.3 Å². The van der Waals surface area contributed by atoms with Crippen molar-refractivity contribution in [1.82, 2.24) is 0 Å². The largest absolute Gasteiger partial charge is 0.278 e. The van der Waals surface area contributed by atoms with Gasteiger partial charge in [-0.2, -0.15) is 5.10 Å². The van der Waals surface area contributed by atoms with Crippen molar-refractivity contribution in [3.63, 3.8) is 0 Å². The molecule has 0 bridgehead atoms. The summed E-state index contributed by atoms with van der Waals surface area (Å²) < 4.78 is 1.03. The number of hydrogen-bond acceptors (Lipinski definition) is 2. The Morgan fingerprint density at radius 2 is 1.95 bits per heavy atom. The zero-order valence-corrected chi connectivity index (χ0v) is 13.1. The molecular weight excluding hydrogens is 324 g/mol. The molecule has 0 amide bonds. The third-order valence-corrected chi connectivity index (χ3v) is 3.89. The third-order valence-electron chi connectivity index (χ3n) is 2.79. The number of anilines is 1. The monoisotopic (exact) mass is 336 g/mol. The maximum Gasteiger partial charge on any atom is 0.0659 e. The van der Waals surface area contributed by atoms with Crippen LogP contribution in [-0.4, -0.2) is 5.71 Å². The molecule has 2 nitrogen and oxygen atoms in total. The zero-order chi connectivity index (χ0) is 13.8. The number of hydrazone groups is 1. The van der Waals surface area contributed by atoms with Gasteiger partial charge in [0, 0.05) is 15.1 Å². The summed E-state index contributed by atoms with van der Waals surface area (Å²) in [5.74, 6) is 0. The van der Waals surface area contributed by atoms with Crippen molar-refractivity contribution < 1.29 is 0 Å². The van der Waals surface area contributed by atoms with Crippen LogP contribution in [0, 0.1) is 6.92 Å². The lowest BCUT2D eigenvalue weighted by Gasteiger charge is -2.06.